The lowest BCUT2D eigenvalue weighted by molar-refractivity contribution is -0.122. The molecule has 1 aromatic carbocycles. The van der Waals surface area contributed by atoms with Gasteiger partial charge in [-0.2, -0.15) is 0 Å². The minimum atomic E-state index is 0.00523. The molecule has 0 spiro atoms. The van der Waals surface area contributed by atoms with Gasteiger partial charge in [-0.15, -0.1) is 0 Å². The highest BCUT2D eigenvalue weighted by molar-refractivity contribution is 5.76. The summed E-state index contributed by atoms with van der Waals surface area (Å²) >= 11 is 0. The molecule has 1 atom stereocenters. The van der Waals surface area contributed by atoms with E-state index in [1.165, 1.54) is 0 Å². The molecule has 94 valence electrons. The van der Waals surface area contributed by atoms with Crippen molar-refractivity contribution in [3.05, 3.63) is 29.8 Å². The maximum absolute atomic E-state index is 11.6. The fraction of sp³-hybridized carbons (Fsp3) is 0.462. The molecule has 0 bridgehead atoms. The van der Waals surface area contributed by atoms with E-state index in [0.29, 0.717) is 13.0 Å². The molecule has 0 saturated carbocycles. The molecule has 1 aromatic rings. The number of benzene rings is 1. The molecule has 4 nitrogen and oxygen atoms in total. The third-order valence-corrected chi connectivity index (χ3v) is 2.57. The molecule has 4 heteroatoms. The van der Waals surface area contributed by atoms with Gasteiger partial charge in [-0.05, 0) is 31.0 Å². The molecule has 0 heterocycles. The van der Waals surface area contributed by atoms with Gasteiger partial charge < -0.3 is 15.8 Å². The van der Waals surface area contributed by atoms with Crippen LogP contribution in [-0.4, -0.2) is 19.6 Å². The maximum Gasteiger partial charge on any atom is 0.220 e. The van der Waals surface area contributed by atoms with Gasteiger partial charge in [0.2, 0.25) is 5.91 Å². The molecule has 3 N–H and O–H groups in total. The third kappa shape index (κ3) is 4.87. The largest absolute Gasteiger partial charge is 0.399 e. The highest BCUT2D eigenvalue weighted by Crippen LogP contribution is 2.14. The summed E-state index contributed by atoms with van der Waals surface area (Å²) in [6.07, 6.45) is 1.24. The lowest BCUT2D eigenvalue weighted by Gasteiger charge is -2.14. The summed E-state index contributed by atoms with van der Waals surface area (Å²) in [6, 6.07) is 7.53. The molecule has 1 rings (SSSR count). The Morgan fingerprint density at radius 2 is 2.06 bits per heavy atom. The van der Waals surface area contributed by atoms with Gasteiger partial charge in [0, 0.05) is 25.8 Å². The lowest BCUT2D eigenvalue weighted by atomic mass is 10.1. The second kappa shape index (κ2) is 6.91. The zero-order chi connectivity index (χ0) is 12.7. The Bertz CT molecular complexity index is 349. The lowest BCUT2D eigenvalue weighted by Crippen LogP contribution is -2.26. The van der Waals surface area contributed by atoms with E-state index in [1.807, 2.05) is 31.2 Å². The number of anilines is 1. The van der Waals surface area contributed by atoms with Crippen LogP contribution in [0.25, 0.3) is 0 Å². The Morgan fingerprint density at radius 1 is 1.41 bits per heavy atom. The molecule has 0 aromatic heterocycles. The standard InChI is InChI=1S/C13H20N2O2/c1-10(11-5-7-12(14)8-6-11)15-13(16)4-3-9-17-2/h5-8,10H,3-4,9,14H2,1-2H3,(H,15,16). The minimum Gasteiger partial charge on any atom is -0.399 e. The first-order valence-electron chi connectivity index (χ1n) is 5.77. The van der Waals surface area contributed by atoms with Crippen molar-refractivity contribution in [1.82, 2.24) is 5.32 Å². The molecular formula is C13H20N2O2. The summed E-state index contributed by atoms with van der Waals surface area (Å²) in [4.78, 5) is 11.6. The van der Waals surface area contributed by atoms with Crippen LogP contribution in [0.4, 0.5) is 5.69 Å². The summed E-state index contributed by atoms with van der Waals surface area (Å²) < 4.78 is 4.90. The number of amides is 1. The number of nitrogen functional groups attached to an aromatic ring is 1. The van der Waals surface area contributed by atoms with Gasteiger partial charge in [0.05, 0.1) is 6.04 Å². The zero-order valence-corrected chi connectivity index (χ0v) is 10.4. The van der Waals surface area contributed by atoms with Crippen LogP contribution in [0.3, 0.4) is 0 Å². The summed E-state index contributed by atoms with van der Waals surface area (Å²) in [5.74, 6) is 0.0476. The van der Waals surface area contributed by atoms with Crippen molar-refractivity contribution in [1.29, 1.82) is 0 Å². The Balaban J connectivity index is 2.40. The summed E-state index contributed by atoms with van der Waals surface area (Å²) in [5.41, 5.74) is 7.39. The fourth-order valence-corrected chi connectivity index (χ4v) is 1.56. The molecule has 0 fully saturated rings. The van der Waals surface area contributed by atoms with Crippen LogP contribution in [0.2, 0.25) is 0 Å². The second-order valence-corrected chi connectivity index (χ2v) is 4.05. The molecular weight excluding hydrogens is 216 g/mol. The van der Waals surface area contributed by atoms with E-state index in [-0.39, 0.29) is 11.9 Å². The average Bonchev–Trinajstić information content (AvgIpc) is 2.30. The van der Waals surface area contributed by atoms with Crippen LogP contribution in [0.15, 0.2) is 24.3 Å². The predicted molar refractivity (Wildman–Crippen MR) is 68.5 cm³/mol. The highest BCUT2D eigenvalue weighted by atomic mass is 16.5. The number of hydrogen-bond donors (Lipinski definition) is 2. The van der Waals surface area contributed by atoms with E-state index >= 15 is 0 Å². The van der Waals surface area contributed by atoms with Gasteiger partial charge in [-0.1, -0.05) is 12.1 Å². The fourth-order valence-electron chi connectivity index (χ4n) is 1.56. The third-order valence-electron chi connectivity index (χ3n) is 2.57. The predicted octanol–water partition coefficient (Wildman–Crippen LogP) is 1.87. The molecule has 1 unspecified atom stereocenters. The Kier molecular flexibility index (Phi) is 5.49. The monoisotopic (exact) mass is 236 g/mol. The van der Waals surface area contributed by atoms with Gasteiger partial charge in [-0.3, -0.25) is 4.79 Å². The molecule has 0 aliphatic carbocycles. The smallest absolute Gasteiger partial charge is 0.220 e. The van der Waals surface area contributed by atoms with Crippen molar-refractivity contribution < 1.29 is 9.53 Å². The molecule has 0 radical (unpaired) electrons. The SMILES string of the molecule is COCCCC(=O)NC(C)c1ccc(N)cc1. The number of hydrogen-bond acceptors (Lipinski definition) is 3. The first kappa shape index (κ1) is 13.5. The maximum atomic E-state index is 11.6. The first-order valence-corrected chi connectivity index (χ1v) is 5.77. The number of carbonyl (C=O) groups excluding carboxylic acids is 1. The van der Waals surface area contributed by atoms with Gasteiger partial charge >= 0.3 is 0 Å². The van der Waals surface area contributed by atoms with Gasteiger partial charge in [0.1, 0.15) is 0 Å². The molecule has 0 saturated heterocycles. The normalized spacial score (nSPS) is 12.1. The van der Waals surface area contributed by atoms with Crippen LogP contribution in [0, 0.1) is 0 Å². The first-order chi connectivity index (χ1) is 8.13. The average molecular weight is 236 g/mol. The molecule has 0 aliphatic heterocycles. The number of rotatable bonds is 6. The minimum absolute atomic E-state index is 0.00523. The van der Waals surface area contributed by atoms with Crippen LogP contribution < -0.4 is 11.1 Å². The van der Waals surface area contributed by atoms with Crippen molar-refractivity contribution >= 4 is 11.6 Å². The van der Waals surface area contributed by atoms with E-state index in [4.69, 9.17) is 10.5 Å². The number of ether oxygens (including phenoxy) is 1. The Morgan fingerprint density at radius 3 is 2.65 bits per heavy atom. The number of methoxy groups -OCH3 is 1. The summed E-state index contributed by atoms with van der Waals surface area (Å²) in [5, 5.41) is 2.94. The Hall–Kier alpha value is -1.55. The topological polar surface area (TPSA) is 64.3 Å². The van der Waals surface area contributed by atoms with E-state index in [1.54, 1.807) is 7.11 Å². The van der Waals surface area contributed by atoms with Gasteiger partial charge in [0.25, 0.3) is 0 Å². The van der Waals surface area contributed by atoms with E-state index in [9.17, 15) is 4.79 Å². The molecule has 17 heavy (non-hydrogen) atoms. The molecule has 0 aliphatic rings. The van der Waals surface area contributed by atoms with Crippen LogP contribution in [0.1, 0.15) is 31.4 Å². The number of carbonyl (C=O) groups is 1. The van der Waals surface area contributed by atoms with Crippen molar-refractivity contribution in [2.24, 2.45) is 0 Å². The quantitative estimate of drug-likeness (QED) is 0.585. The molecule has 1 amide bonds. The van der Waals surface area contributed by atoms with Crippen molar-refractivity contribution in [2.75, 3.05) is 19.5 Å². The van der Waals surface area contributed by atoms with Crippen LogP contribution >= 0.6 is 0 Å². The summed E-state index contributed by atoms with van der Waals surface area (Å²) in [7, 11) is 1.63. The zero-order valence-electron chi connectivity index (χ0n) is 10.4. The Labute approximate surface area is 102 Å². The van der Waals surface area contributed by atoms with Crippen molar-refractivity contribution in [2.45, 2.75) is 25.8 Å². The summed E-state index contributed by atoms with van der Waals surface area (Å²) in [6.45, 7) is 2.57. The van der Waals surface area contributed by atoms with E-state index in [0.717, 1.165) is 17.7 Å². The van der Waals surface area contributed by atoms with Crippen molar-refractivity contribution in [3.63, 3.8) is 0 Å². The van der Waals surface area contributed by atoms with Crippen LogP contribution in [0.5, 0.6) is 0 Å². The van der Waals surface area contributed by atoms with Crippen LogP contribution in [-0.2, 0) is 9.53 Å². The van der Waals surface area contributed by atoms with E-state index < -0.39 is 0 Å². The van der Waals surface area contributed by atoms with Crippen molar-refractivity contribution in [3.8, 4) is 0 Å². The number of nitrogens with one attached hydrogen (secondary N) is 1. The van der Waals surface area contributed by atoms with Gasteiger partial charge in [0.15, 0.2) is 0 Å². The highest BCUT2D eigenvalue weighted by Gasteiger charge is 2.08. The number of nitrogens with two attached hydrogens (primary N) is 1. The second-order valence-electron chi connectivity index (χ2n) is 4.05. The van der Waals surface area contributed by atoms with E-state index in [2.05, 4.69) is 5.32 Å². The van der Waals surface area contributed by atoms with Gasteiger partial charge in [-0.25, -0.2) is 0 Å².